The van der Waals surface area contributed by atoms with Gasteiger partial charge in [-0.25, -0.2) is 0 Å². The zero-order chi connectivity index (χ0) is 97.4. The van der Waals surface area contributed by atoms with Gasteiger partial charge in [0.1, 0.15) is 293 Å². The Morgan fingerprint density at radius 1 is 0.113 bits per heavy atom. The molecule has 0 spiro atoms. The molecule has 776 valence electrons. The molecule has 0 radical (unpaired) electrons. The van der Waals surface area contributed by atoms with E-state index in [1.165, 1.54) is 0 Å². The molecule has 0 aliphatic carbocycles. The molecule has 61 heteroatoms. The number of aliphatic hydroxyl groups is 38. The van der Waals surface area contributed by atoms with E-state index in [0.29, 0.717) is 0 Å². The summed E-state index contributed by atoms with van der Waals surface area (Å²) in [7, 11) is 0. The first-order valence-corrected chi connectivity index (χ1v) is 42.2. The lowest BCUT2D eigenvalue weighted by Gasteiger charge is -2.51. The maximum atomic E-state index is 12.2. The topological polar surface area (TPSA) is 981 Å². The van der Waals surface area contributed by atoms with Gasteiger partial charge >= 0.3 is 0 Å². The standard InChI is InChI=1S/C72H122O61/c73-1-13-26(86)38(98)50(61(110)111-13)123-63-52(40(100)28(88)15(3-75)113-63)125-65-54(42(102)30(90)17(5-77)115-65)127-67-56(44(104)32(92)19(7-79)117-67)129-69-58(46(106)34(94)21(9-81)119-69)131-71-60(48(108)36(96)23(11-83)121-71)133-72-59(47(107)35(95)24(12-84)122-72)132-70-57(45(105)33(93)22(10-82)120-70)130-68-55(43(103)31(91)20(8-80)118-68)128-66-53(41(101)29(89)18(6-78)116-66)126-64-51(39(99)27(87)16(4-76)114-64)124-62-49(109)37(97)25(85)14(2-74)112-62/h13-110H,1-12H2/t13-,14-,15-,16-,17-,18-,19-,20-,21-,22-,23-,24-,25-,26-,27-,28-,29-,30-,31-,32-,33-,34-,35-,36-,37+,38+,39+,40+,41+,42+,43+,44+,45+,46+,47+,48+,49-,50-,51-,52-,53-,54-,55-,56-,57-,58-,59-,60-,61?,62+,63+,64+,65+,66+,67+,68+,69+,70+,71+,72+/m1/s1. The van der Waals surface area contributed by atoms with Crippen LogP contribution in [0.1, 0.15) is 0 Å². The lowest BCUT2D eigenvalue weighted by atomic mass is 9.95. The van der Waals surface area contributed by atoms with Crippen molar-refractivity contribution in [2.24, 2.45) is 0 Å². The Morgan fingerprint density at radius 2 is 0.218 bits per heavy atom. The monoisotopic (exact) mass is 1960 g/mol. The van der Waals surface area contributed by atoms with Gasteiger partial charge in [0.05, 0.1) is 79.3 Å². The third-order valence-corrected chi connectivity index (χ3v) is 25.1. The van der Waals surface area contributed by atoms with Crippen LogP contribution in [0.5, 0.6) is 0 Å². The largest absolute Gasteiger partial charge is 0.394 e. The van der Waals surface area contributed by atoms with Crippen LogP contribution < -0.4 is 0 Å². The summed E-state index contributed by atoms with van der Waals surface area (Å²) in [5.74, 6) is 0. The van der Waals surface area contributed by atoms with Gasteiger partial charge in [-0.3, -0.25) is 0 Å². The number of hydrogen-bond donors (Lipinski definition) is 38. The number of aliphatic hydroxyl groups excluding tert-OH is 38. The highest BCUT2D eigenvalue weighted by Gasteiger charge is 2.64. The van der Waals surface area contributed by atoms with Crippen LogP contribution in [0.2, 0.25) is 0 Å². The summed E-state index contributed by atoms with van der Waals surface area (Å²) in [5, 5.41) is 423. The maximum Gasteiger partial charge on any atom is 0.187 e. The molecule has 0 aromatic carbocycles. The Balaban J connectivity index is 0.836. The Labute approximate surface area is 748 Å². The van der Waals surface area contributed by atoms with E-state index in [2.05, 4.69) is 0 Å². The van der Waals surface area contributed by atoms with Gasteiger partial charge in [0.2, 0.25) is 0 Å². The van der Waals surface area contributed by atoms with Crippen molar-refractivity contribution in [3.05, 3.63) is 0 Å². The molecule has 133 heavy (non-hydrogen) atoms. The molecule has 12 fully saturated rings. The van der Waals surface area contributed by atoms with Gasteiger partial charge in [-0.15, -0.1) is 0 Å². The number of ether oxygens (including phenoxy) is 23. The van der Waals surface area contributed by atoms with Gasteiger partial charge in [-0.2, -0.15) is 0 Å². The minimum absolute atomic E-state index is 0.962. The summed E-state index contributed by atoms with van der Waals surface area (Å²) in [6, 6.07) is 0. The average Bonchev–Trinajstić information content (AvgIpc) is 0.854. The quantitative estimate of drug-likeness (QED) is 0.0284. The van der Waals surface area contributed by atoms with Crippen molar-refractivity contribution in [3.8, 4) is 0 Å². The summed E-state index contributed by atoms with van der Waals surface area (Å²) in [4.78, 5) is 0. The van der Waals surface area contributed by atoms with Gasteiger partial charge in [0, 0.05) is 0 Å². The first kappa shape index (κ1) is 109. The first-order valence-electron chi connectivity index (χ1n) is 42.2. The van der Waals surface area contributed by atoms with Crippen LogP contribution in [-0.2, 0) is 109 Å². The fourth-order valence-corrected chi connectivity index (χ4v) is 17.2. The Bertz CT molecular complexity index is 3400. The molecule has 0 amide bonds. The van der Waals surface area contributed by atoms with Gasteiger partial charge in [0.25, 0.3) is 0 Å². The molecule has 1 unspecified atom stereocenters. The molecule has 12 heterocycles. The zero-order valence-electron chi connectivity index (χ0n) is 69.5. The molecule has 0 saturated carbocycles. The van der Waals surface area contributed by atoms with E-state index >= 15 is 0 Å². The number of hydrogen-bond acceptors (Lipinski definition) is 61. The van der Waals surface area contributed by atoms with Crippen molar-refractivity contribution in [3.63, 3.8) is 0 Å². The van der Waals surface area contributed by atoms with E-state index in [1.807, 2.05) is 0 Å². The summed E-state index contributed by atoms with van der Waals surface area (Å²) in [6.45, 7) is -14.2. The molecular formula is C72H122O61. The molecule has 0 aromatic rings. The SMILES string of the molecule is OC[C@H]1O[C@@H](O[C@H]2[C@H](O[C@H]3[C@H](O[C@H]4[C@H](O[C@H]5[C@H](O[C@H]6[C@H](O[C@H]7[C@H](O[C@H]8[C@H](O[C@H]9[C@H](O[C@H]%10[C@H](O[C@H]%11[C@H](O[C@H]%12C(O)O[C@H](CO)[C@@H](O)[C@@H]%12O)O[C@H](CO)[C@@H](O)[C@@H]%11O)O[C@H](CO)[C@@H](O)[C@@H]%10O)O[C@H](CO)[C@@H](O)[C@@H]9O)O[C@H](CO)[C@@H](O)[C@@H]8O)O[C@H](CO)[C@@H](O)[C@@H]7O)O[C@H](CO)[C@@H](O)[C@@H]6O)O[C@H](CO)[C@@H](O)[C@@H]5O)O[C@H](CO)[C@@H](O)[C@@H]4O)O[C@H](CO)[C@@H](O)[C@@H]3O)O[C@H](CO)[C@@H](O)[C@@H]2O)[C@H](O)[C@@H](O)[C@@H]1O. The van der Waals surface area contributed by atoms with Crippen molar-refractivity contribution in [1.29, 1.82) is 0 Å². The molecule has 12 rings (SSSR count). The lowest BCUT2D eigenvalue weighted by molar-refractivity contribution is -0.426. The van der Waals surface area contributed by atoms with Crippen molar-refractivity contribution in [1.82, 2.24) is 0 Å². The van der Waals surface area contributed by atoms with Gasteiger partial charge in [0.15, 0.2) is 75.5 Å². The van der Waals surface area contributed by atoms with Crippen molar-refractivity contribution in [2.75, 3.05) is 79.3 Å². The predicted octanol–water partition coefficient (Wildman–Crippen LogP) is -27.2. The highest BCUT2D eigenvalue weighted by Crippen LogP contribution is 2.44. The minimum Gasteiger partial charge on any atom is -0.394 e. The smallest absolute Gasteiger partial charge is 0.187 e. The second-order valence-corrected chi connectivity index (χ2v) is 33.6. The highest BCUT2D eigenvalue weighted by atomic mass is 16.8. The molecule has 60 atom stereocenters. The van der Waals surface area contributed by atoms with Crippen molar-refractivity contribution in [2.45, 2.75) is 368 Å². The van der Waals surface area contributed by atoms with Crippen LogP contribution in [-0.4, -0.2) is 642 Å². The fourth-order valence-electron chi connectivity index (χ4n) is 17.2. The summed E-state index contributed by atoms with van der Waals surface area (Å²) in [6.07, 6.45) is -138. The zero-order valence-corrected chi connectivity index (χ0v) is 69.5. The summed E-state index contributed by atoms with van der Waals surface area (Å²) >= 11 is 0. The third kappa shape index (κ3) is 22.6. The molecule has 0 bridgehead atoms. The van der Waals surface area contributed by atoms with E-state index in [-0.39, 0.29) is 0 Å². The summed E-state index contributed by atoms with van der Waals surface area (Å²) in [5.41, 5.74) is 0. The van der Waals surface area contributed by atoms with Crippen LogP contribution in [0.3, 0.4) is 0 Å². The lowest BCUT2D eigenvalue weighted by Crippen LogP contribution is -2.70. The van der Waals surface area contributed by atoms with Gasteiger partial charge in [-0.05, 0) is 0 Å². The van der Waals surface area contributed by atoms with E-state index in [9.17, 15) is 194 Å². The molecule has 0 aromatic heterocycles. The highest BCUT2D eigenvalue weighted by molar-refractivity contribution is 5.05. The average molecular weight is 1960 g/mol. The fraction of sp³-hybridized carbons (Fsp3) is 1.00. The maximum absolute atomic E-state index is 12.2. The number of rotatable bonds is 34. The van der Waals surface area contributed by atoms with Gasteiger partial charge < -0.3 is 303 Å². The molecule has 12 aliphatic rings. The van der Waals surface area contributed by atoms with E-state index in [1.54, 1.807) is 0 Å². The first-order chi connectivity index (χ1) is 63.2. The predicted molar refractivity (Wildman–Crippen MR) is 395 cm³/mol. The van der Waals surface area contributed by atoms with Gasteiger partial charge in [-0.1, -0.05) is 0 Å². The minimum atomic E-state index is -2.61. The van der Waals surface area contributed by atoms with Crippen molar-refractivity contribution >= 4 is 0 Å². The second-order valence-electron chi connectivity index (χ2n) is 33.6. The Kier molecular flexibility index (Phi) is 39.0. The molecule has 12 aliphatic heterocycles. The normalized spacial score (nSPS) is 53.8. The second kappa shape index (κ2) is 47.4. The van der Waals surface area contributed by atoms with Crippen LogP contribution >= 0.6 is 0 Å². The van der Waals surface area contributed by atoms with Crippen LogP contribution in [0, 0.1) is 0 Å². The van der Waals surface area contributed by atoms with E-state index in [0.717, 1.165) is 0 Å². The van der Waals surface area contributed by atoms with Crippen LogP contribution in [0.4, 0.5) is 0 Å². The van der Waals surface area contributed by atoms with Crippen LogP contribution in [0.15, 0.2) is 0 Å². The Hall–Kier alpha value is -2.44. The molecule has 38 N–H and O–H groups in total. The molecule has 12 saturated heterocycles. The Morgan fingerprint density at radius 3 is 0.361 bits per heavy atom. The van der Waals surface area contributed by atoms with Crippen molar-refractivity contribution < 1.29 is 303 Å². The van der Waals surface area contributed by atoms with Crippen LogP contribution in [0.25, 0.3) is 0 Å². The van der Waals surface area contributed by atoms with E-state index < -0.39 is 448 Å². The molecular weight excluding hydrogens is 1840 g/mol. The van der Waals surface area contributed by atoms with E-state index in [4.69, 9.17) is 109 Å². The third-order valence-electron chi connectivity index (χ3n) is 25.1. The summed E-state index contributed by atoms with van der Waals surface area (Å²) < 4.78 is 135. The molecule has 61 nitrogen and oxygen atoms in total.